The molecule has 0 aliphatic heterocycles. The molecule has 0 amide bonds. The largest absolute Gasteiger partial charge is 0.466 e. The van der Waals surface area contributed by atoms with Gasteiger partial charge < -0.3 is 9.84 Å². The second-order valence-electron chi connectivity index (χ2n) is 6.64. The Morgan fingerprint density at radius 3 is 2.21 bits per heavy atom. The van der Waals surface area contributed by atoms with Crippen molar-refractivity contribution in [2.75, 3.05) is 6.61 Å². The van der Waals surface area contributed by atoms with Crippen molar-refractivity contribution in [2.45, 2.75) is 77.2 Å². The van der Waals surface area contributed by atoms with E-state index in [2.05, 4.69) is 0 Å². The van der Waals surface area contributed by atoms with Crippen molar-refractivity contribution in [1.82, 2.24) is 0 Å². The fourth-order valence-corrected chi connectivity index (χ4v) is 3.93. The molecular formula is C16H28O3. The first kappa shape index (κ1) is 14.8. The average molecular weight is 268 g/mol. The summed E-state index contributed by atoms with van der Waals surface area (Å²) in [5.74, 6) is -0.641. The molecule has 3 nitrogen and oxygen atoms in total. The van der Waals surface area contributed by atoms with E-state index in [-0.39, 0.29) is 5.97 Å². The fraction of sp³-hybridized carbons (Fsp3) is 0.938. The van der Waals surface area contributed by atoms with Crippen molar-refractivity contribution in [2.24, 2.45) is 11.3 Å². The Morgan fingerprint density at radius 2 is 1.68 bits per heavy atom. The fourth-order valence-electron chi connectivity index (χ4n) is 3.93. The van der Waals surface area contributed by atoms with Crippen molar-refractivity contribution in [3.8, 4) is 0 Å². The number of ether oxygens (including phenoxy) is 1. The van der Waals surface area contributed by atoms with Gasteiger partial charge in [-0.1, -0.05) is 19.3 Å². The summed E-state index contributed by atoms with van der Waals surface area (Å²) in [5, 5.41) is 10.7. The zero-order chi connectivity index (χ0) is 13.9. The number of carbonyl (C=O) groups excluding carboxylic acids is 1. The summed E-state index contributed by atoms with van der Waals surface area (Å²) in [7, 11) is 0. The Bertz CT molecular complexity index is 308. The van der Waals surface area contributed by atoms with Crippen LogP contribution in [0.5, 0.6) is 0 Å². The van der Waals surface area contributed by atoms with Crippen LogP contribution in [0.3, 0.4) is 0 Å². The van der Waals surface area contributed by atoms with Gasteiger partial charge in [-0.2, -0.15) is 0 Å². The number of esters is 1. The smallest absolute Gasteiger partial charge is 0.311 e. The van der Waals surface area contributed by atoms with E-state index in [0.717, 1.165) is 25.7 Å². The maximum Gasteiger partial charge on any atom is 0.311 e. The molecule has 0 saturated heterocycles. The summed E-state index contributed by atoms with van der Waals surface area (Å²) in [5.41, 5.74) is -0.367. The quantitative estimate of drug-likeness (QED) is 0.798. The van der Waals surface area contributed by atoms with Crippen LogP contribution in [0.2, 0.25) is 0 Å². The average Bonchev–Trinajstić information content (AvgIpc) is 2.43. The molecule has 0 radical (unpaired) electrons. The lowest BCUT2D eigenvalue weighted by molar-refractivity contribution is -0.162. The number of hydrogen-bond donors (Lipinski definition) is 1. The van der Waals surface area contributed by atoms with Crippen molar-refractivity contribution < 1.29 is 14.6 Å². The summed E-state index contributed by atoms with van der Waals surface area (Å²) in [6.45, 7) is 4.02. The highest BCUT2D eigenvalue weighted by atomic mass is 16.5. The lowest BCUT2D eigenvalue weighted by Crippen LogP contribution is -2.47. The summed E-state index contributed by atoms with van der Waals surface area (Å²) in [6.07, 6.45) is 10.3. The monoisotopic (exact) mass is 268 g/mol. The normalized spacial score (nSPS) is 26.9. The molecule has 2 aliphatic rings. The third kappa shape index (κ3) is 3.13. The molecule has 1 unspecified atom stereocenters. The van der Waals surface area contributed by atoms with E-state index in [1.165, 1.54) is 32.1 Å². The van der Waals surface area contributed by atoms with Crippen LogP contribution < -0.4 is 0 Å². The predicted molar refractivity (Wildman–Crippen MR) is 74.7 cm³/mol. The van der Waals surface area contributed by atoms with E-state index in [9.17, 15) is 9.90 Å². The minimum atomic E-state index is -0.838. The number of rotatable bonds is 3. The molecule has 2 saturated carbocycles. The highest BCUT2D eigenvalue weighted by Gasteiger charge is 2.46. The molecule has 1 N–H and O–H groups in total. The summed E-state index contributed by atoms with van der Waals surface area (Å²) in [6, 6.07) is 0. The van der Waals surface area contributed by atoms with Gasteiger partial charge in [-0.25, -0.2) is 0 Å². The summed E-state index contributed by atoms with van der Waals surface area (Å²) >= 11 is 0. The Morgan fingerprint density at radius 1 is 1.11 bits per heavy atom. The van der Waals surface area contributed by atoms with Gasteiger partial charge in [0.25, 0.3) is 0 Å². The third-order valence-electron chi connectivity index (χ3n) is 5.54. The Hall–Kier alpha value is -0.570. The van der Waals surface area contributed by atoms with Gasteiger partial charge in [0.05, 0.1) is 18.1 Å². The van der Waals surface area contributed by atoms with Gasteiger partial charge in [-0.05, 0) is 57.8 Å². The molecule has 2 aliphatic carbocycles. The van der Waals surface area contributed by atoms with E-state index in [4.69, 9.17) is 4.74 Å². The van der Waals surface area contributed by atoms with E-state index in [1.54, 1.807) is 0 Å². The van der Waals surface area contributed by atoms with Crippen LogP contribution in [0, 0.1) is 11.3 Å². The molecule has 110 valence electrons. The van der Waals surface area contributed by atoms with Crippen LogP contribution in [-0.2, 0) is 9.53 Å². The molecule has 0 heterocycles. The summed E-state index contributed by atoms with van der Waals surface area (Å²) < 4.78 is 5.06. The van der Waals surface area contributed by atoms with Crippen molar-refractivity contribution in [3.63, 3.8) is 0 Å². The first-order chi connectivity index (χ1) is 9.01. The van der Waals surface area contributed by atoms with Gasteiger partial charge in [0.1, 0.15) is 0 Å². The third-order valence-corrected chi connectivity index (χ3v) is 5.54. The molecule has 0 aromatic rings. The zero-order valence-electron chi connectivity index (χ0n) is 12.4. The van der Waals surface area contributed by atoms with Crippen LogP contribution in [0.25, 0.3) is 0 Å². The highest BCUT2D eigenvalue weighted by molar-refractivity contribution is 5.73. The van der Waals surface area contributed by atoms with Crippen molar-refractivity contribution in [1.29, 1.82) is 0 Å². The van der Waals surface area contributed by atoms with Gasteiger partial charge in [0.15, 0.2) is 0 Å². The molecule has 1 spiro atoms. The van der Waals surface area contributed by atoms with Crippen LogP contribution in [0.4, 0.5) is 0 Å². The first-order valence-electron chi connectivity index (χ1n) is 7.90. The topological polar surface area (TPSA) is 46.5 Å². The molecule has 0 aromatic carbocycles. The standard InChI is InChI=1S/C16H28O3/c1-3-19-14(17)13(2)16(18)11-9-15(10-12-16)7-5-4-6-8-15/h13,18H,3-12H2,1-2H3. The lowest BCUT2D eigenvalue weighted by atomic mass is 9.60. The number of hydrogen-bond acceptors (Lipinski definition) is 3. The van der Waals surface area contributed by atoms with Crippen LogP contribution in [-0.4, -0.2) is 23.3 Å². The van der Waals surface area contributed by atoms with Crippen molar-refractivity contribution in [3.05, 3.63) is 0 Å². The second-order valence-corrected chi connectivity index (χ2v) is 6.64. The van der Waals surface area contributed by atoms with Gasteiger partial charge in [-0.15, -0.1) is 0 Å². The number of aliphatic hydroxyl groups is 1. The van der Waals surface area contributed by atoms with Crippen LogP contribution >= 0.6 is 0 Å². The van der Waals surface area contributed by atoms with Crippen molar-refractivity contribution >= 4 is 5.97 Å². The first-order valence-corrected chi connectivity index (χ1v) is 7.90. The predicted octanol–water partition coefficient (Wildman–Crippen LogP) is 3.44. The van der Waals surface area contributed by atoms with Gasteiger partial charge in [0.2, 0.25) is 0 Å². The van der Waals surface area contributed by atoms with E-state index < -0.39 is 11.5 Å². The van der Waals surface area contributed by atoms with E-state index >= 15 is 0 Å². The molecule has 3 heteroatoms. The molecule has 2 fully saturated rings. The Balaban J connectivity index is 1.95. The zero-order valence-corrected chi connectivity index (χ0v) is 12.4. The van der Waals surface area contributed by atoms with Gasteiger partial charge in [0, 0.05) is 0 Å². The molecule has 1 atom stereocenters. The second kappa shape index (κ2) is 5.82. The van der Waals surface area contributed by atoms with E-state index in [0.29, 0.717) is 12.0 Å². The lowest BCUT2D eigenvalue weighted by Gasteiger charge is -2.47. The number of carbonyl (C=O) groups is 1. The maximum atomic E-state index is 11.8. The molecular weight excluding hydrogens is 240 g/mol. The van der Waals surface area contributed by atoms with E-state index in [1.807, 2.05) is 13.8 Å². The molecule has 2 rings (SSSR count). The molecule has 0 aromatic heterocycles. The molecule has 19 heavy (non-hydrogen) atoms. The summed E-state index contributed by atoms with van der Waals surface area (Å²) in [4.78, 5) is 11.8. The van der Waals surface area contributed by atoms with Gasteiger partial charge in [-0.3, -0.25) is 4.79 Å². The SMILES string of the molecule is CCOC(=O)C(C)C1(O)CCC2(CCCCC2)CC1. The maximum absolute atomic E-state index is 11.8. The Kier molecular flexibility index (Phi) is 4.54. The van der Waals surface area contributed by atoms with Crippen LogP contribution in [0.15, 0.2) is 0 Å². The van der Waals surface area contributed by atoms with Crippen LogP contribution in [0.1, 0.15) is 71.6 Å². The molecule has 0 bridgehead atoms. The highest BCUT2D eigenvalue weighted by Crippen LogP contribution is 2.51. The minimum Gasteiger partial charge on any atom is -0.466 e. The minimum absolute atomic E-state index is 0.246. The van der Waals surface area contributed by atoms with Gasteiger partial charge >= 0.3 is 5.97 Å². The Labute approximate surface area is 116 Å².